The van der Waals surface area contributed by atoms with Gasteiger partial charge in [0, 0.05) is 29.0 Å². The molecule has 2 fully saturated rings. The van der Waals surface area contributed by atoms with Crippen LogP contribution in [0.3, 0.4) is 0 Å². The van der Waals surface area contributed by atoms with Crippen LogP contribution in [0.2, 0.25) is 0 Å². The molecule has 2 aliphatic carbocycles. The molecule has 6 nitrogen and oxygen atoms in total. The second kappa shape index (κ2) is 6.24. The molecule has 0 amide bonds. The van der Waals surface area contributed by atoms with Crippen molar-refractivity contribution in [2.45, 2.75) is 61.9 Å². The van der Waals surface area contributed by atoms with E-state index in [4.69, 9.17) is 9.47 Å². The third-order valence-electron chi connectivity index (χ3n) is 6.88. The number of aromatic nitrogens is 1. The molecule has 2 bridgehead atoms. The van der Waals surface area contributed by atoms with Crippen LogP contribution in [0.1, 0.15) is 48.8 Å². The lowest BCUT2D eigenvalue weighted by molar-refractivity contribution is -0.153. The second-order valence-electron chi connectivity index (χ2n) is 9.20. The Kier molecular flexibility index (Phi) is 4.03. The van der Waals surface area contributed by atoms with Crippen LogP contribution in [0.15, 0.2) is 41.4 Å². The van der Waals surface area contributed by atoms with Crippen LogP contribution in [0, 0.1) is 10.5 Å². The smallest absolute Gasteiger partial charge is 0.268 e. The SMILES string of the molecule is Cc1ccc(S(=O)(=O)n2ccc3c(I)c(O)c4c(c32)[C@H]2C[C@@H]4C3OC(C)(C)OC32)cc1. The summed E-state index contributed by atoms with van der Waals surface area (Å²) >= 11 is 2.11. The van der Waals surface area contributed by atoms with Gasteiger partial charge in [-0.3, -0.25) is 0 Å². The summed E-state index contributed by atoms with van der Waals surface area (Å²) in [5.74, 6) is -0.464. The molecule has 1 saturated heterocycles. The highest BCUT2D eigenvalue weighted by Gasteiger charge is 2.60. The fourth-order valence-corrected chi connectivity index (χ4v) is 7.77. The van der Waals surface area contributed by atoms with Gasteiger partial charge in [-0.05, 0) is 73.5 Å². The third kappa shape index (κ3) is 2.59. The molecule has 31 heavy (non-hydrogen) atoms. The number of phenols is 1. The van der Waals surface area contributed by atoms with E-state index in [1.54, 1.807) is 36.5 Å². The minimum Gasteiger partial charge on any atom is -0.507 e. The summed E-state index contributed by atoms with van der Waals surface area (Å²) < 4.78 is 41.6. The first-order chi connectivity index (χ1) is 14.6. The molecule has 4 atom stereocenters. The van der Waals surface area contributed by atoms with E-state index < -0.39 is 15.8 Å². The maximum Gasteiger partial charge on any atom is 0.268 e. The molecule has 3 aliphatic rings. The lowest BCUT2D eigenvalue weighted by Gasteiger charge is -2.27. The van der Waals surface area contributed by atoms with Gasteiger partial charge < -0.3 is 14.6 Å². The van der Waals surface area contributed by atoms with Crippen LogP contribution in [0.5, 0.6) is 5.75 Å². The molecule has 1 aliphatic heterocycles. The molecular formula is C23H22INO5S. The number of benzene rings is 2. The van der Waals surface area contributed by atoms with Crippen molar-refractivity contribution in [3.8, 4) is 5.75 Å². The van der Waals surface area contributed by atoms with Crippen molar-refractivity contribution in [1.29, 1.82) is 0 Å². The fourth-order valence-electron chi connectivity index (χ4n) is 5.68. The highest BCUT2D eigenvalue weighted by atomic mass is 127. The molecule has 2 unspecified atom stereocenters. The van der Waals surface area contributed by atoms with Crippen molar-refractivity contribution in [2.75, 3.05) is 0 Å². The highest BCUT2D eigenvalue weighted by Crippen LogP contribution is 2.63. The first-order valence-corrected chi connectivity index (χ1v) is 12.9. The van der Waals surface area contributed by atoms with Crippen LogP contribution >= 0.6 is 22.6 Å². The Hall–Kier alpha value is -1.62. The van der Waals surface area contributed by atoms with E-state index in [1.807, 2.05) is 20.8 Å². The summed E-state index contributed by atoms with van der Waals surface area (Å²) in [5.41, 5.74) is 3.36. The van der Waals surface area contributed by atoms with Gasteiger partial charge in [-0.1, -0.05) is 17.7 Å². The summed E-state index contributed by atoms with van der Waals surface area (Å²) in [5, 5.41) is 11.8. The zero-order valence-electron chi connectivity index (χ0n) is 17.3. The Morgan fingerprint density at radius 1 is 1.06 bits per heavy atom. The quantitative estimate of drug-likeness (QED) is 0.472. The lowest BCUT2D eigenvalue weighted by atomic mass is 9.86. The number of nitrogens with zero attached hydrogens (tertiary/aromatic N) is 1. The zero-order chi connectivity index (χ0) is 21.9. The van der Waals surface area contributed by atoms with Crippen LogP contribution in [-0.2, 0) is 19.5 Å². The van der Waals surface area contributed by atoms with E-state index in [9.17, 15) is 13.5 Å². The van der Waals surface area contributed by atoms with E-state index in [1.165, 1.54) is 3.97 Å². The fraction of sp³-hybridized carbons (Fsp3) is 0.391. The van der Waals surface area contributed by atoms with E-state index in [0.29, 0.717) is 9.09 Å². The molecule has 1 N–H and O–H groups in total. The number of hydrogen-bond donors (Lipinski definition) is 1. The maximum absolute atomic E-state index is 13.6. The first-order valence-electron chi connectivity index (χ1n) is 10.3. The lowest BCUT2D eigenvalue weighted by Crippen LogP contribution is -2.29. The van der Waals surface area contributed by atoms with E-state index in [2.05, 4.69) is 22.6 Å². The van der Waals surface area contributed by atoms with E-state index in [-0.39, 0.29) is 34.7 Å². The Labute approximate surface area is 194 Å². The average molecular weight is 551 g/mol. The van der Waals surface area contributed by atoms with Crippen LogP contribution < -0.4 is 0 Å². The van der Waals surface area contributed by atoms with Crippen molar-refractivity contribution in [3.63, 3.8) is 0 Å². The van der Waals surface area contributed by atoms with Crippen molar-refractivity contribution >= 4 is 43.5 Å². The zero-order valence-corrected chi connectivity index (χ0v) is 20.3. The van der Waals surface area contributed by atoms with Gasteiger partial charge in [0.15, 0.2) is 5.79 Å². The third-order valence-corrected chi connectivity index (χ3v) is 9.66. The second-order valence-corrected chi connectivity index (χ2v) is 12.1. The number of rotatable bonds is 2. The molecule has 6 rings (SSSR count). The standard InChI is InChI=1S/C23H22INO5S/c1-11-4-6-12(7-5-11)31(27,28)25-9-8-13-18(24)20(26)17-15-10-14(16(17)19(13)25)21-22(15)30-23(2,3)29-21/h4-9,14-15,21-22,26H,10H2,1-3H3/t14-,15+,21?,22?/m1/s1. The Balaban J connectivity index is 1.61. The van der Waals surface area contributed by atoms with Crippen molar-refractivity contribution in [1.82, 2.24) is 3.97 Å². The predicted molar refractivity (Wildman–Crippen MR) is 124 cm³/mol. The number of hydrogen-bond acceptors (Lipinski definition) is 5. The highest BCUT2D eigenvalue weighted by molar-refractivity contribution is 14.1. The molecule has 2 heterocycles. The monoisotopic (exact) mass is 551 g/mol. The van der Waals surface area contributed by atoms with Gasteiger partial charge in [0.05, 0.1) is 26.2 Å². The number of aryl methyl sites for hydroxylation is 1. The number of aromatic hydroxyl groups is 1. The number of fused-ring (bicyclic) bond motifs is 10. The molecule has 8 heteroatoms. The summed E-state index contributed by atoms with van der Waals surface area (Å²) in [6.07, 6.45) is 2.13. The van der Waals surface area contributed by atoms with Crippen molar-refractivity contribution < 1.29 is 23.0 Å². The number of ether oxygens (including phenoxy) is 2. The molecular weight excluding hydrogens is 529 g/mol. The van der Waals surface area contributed by atoms with Crippen LogP contribution in [-0.4, -0.2) is 35.5 Å². The van der Waals surface area contributed by atoms with Crippen LogP contribution in [0.4, 0.5) is 0 Å². The van der Waals surface area contributed by atoms with Gasteiger partial charge in [0.2, 0.25) is 0 Å². The molecule has 0 radical (unpaired) electrons. The number of halogens is 1. The molecule has 162 valence electrons. The summed E-state index contributed by atoms with van der Waals surface area (Å²) in [7, 11) is -3.79. The van der Waals surface area contributed by atoms with E-state index in [0.717, 1.165) is 28.5 Å². The molecule has 1 aromatic heterocycles. The summed E-state index contributed by atoms with van der Waals surface area (Å²) in [4.78, 5) is 0.245. The Morgan fingerprint density at radius 3 is 2.32 bits per heavy atom. The predicted octanol–water partition coefficient (Wildman–Crippen LogP) is 4.60. The van der Waals surface area contributed by atoms with Gasteiger partial charge >= 0.3 is 0 Å². The minimum atomic E-state index is -3.79. The van der Waals surface area contributed by atoms with Gasteiger partial charge in [-0.25, -0.2) is 12.4 Å². The Morgan fingerprint density at radius 2 is 1.68 bits per heavy atom. The normalized spacial score (nSPS) is 28.3. The topological polar surface area (TPSA) is 77.8 Å². The molecule has 0 spiro atoms. The first kappa shape index (κ1) is 20.0. The van der Waals surface area contributed by atoms with Crippen LogP contribution in [0.25, 0.3) is 10.9 Å². The summed E-state index contributed by atoms with van der Waals surface area (Å²) in [6.45, 7) is 5.73. The van der Waals surface area contributed by atoms with Gasteiger partial charge in [0.25, 0.3) is 10.0 Å². The number of phenolic OH excluding ortho intramolecular Hbond substituents is 1. The van der Waals surface area contributed by atoms with Crippen molar-refractivity contribution in [3.05, 3.63) is 56.8 Å². The molecule has 2 aromatic carbocycles. The summed E-state index contributed by atoms with van der Waals surface area (Å²) in [6, 6.07) is 8.66. The van der Waals surface area contributed by atoms with Gasteiger partial charge in [-0.15, -0.1) is 0 Å². The van der Waals surface area contributed by atoms with Gasteiger partial charge in [0.1, 0.15) is 5.75 Å². The van der Waals surface area contributed by atoms with Gasteiger partial charge in [-0.2, -0.15) is 0 Å². The van der Waals surface area contributed by atoms with E-state index >= 15 is 0 Å². The van der Waals surface area contributed by atoms with Crippen molar-refractivity contribution in [2.24, 2.45) is 0 Å². The minimum absolute atomic E-state index is 0.00452. The average Bonchev–Trinajstić information content (AvgIpc) is 3.43. The maximum atomic E-state index is 13.6. The molecule has 1 saturated carbocycles. The molecule has 3 aromatic rings. The Bertz CT molecular complexity index is 1360. The largest absolute Gasteiger partial charge is 0.507 e.